The highest BCUT2D eigenvalue weighted by atomic mass is 16.5. The second-order valence-corrected chi connectivity index (χ2v) is 4.53. The van der Waals surface area contributed by atoms with Crippen LogP contribution in [0, 0.1) is 11.8 Å². The third-order valence-electron chi connectivity index (χ3n) is 3.12. The van der Waals surface area contributed by atoms with Crippen LogP contribution in [0.4, 0.5) is 0 Å². The first-order valence-corrected chi connectivity index (χ1v) is 6.47. The summed E-state index contributed by atoms with van der Waals surface area (Å²) >= 11 is 0. The van der Waals surface area contributed by atoms with Crippen LogP contribution in [0.5, 0.6) is 5.75 Å². The van der Waals surface area contributed by atoms with E-state index in [1.807, 2.05) is 44.2 Å². The lowest BCUT2D eigenvalue weighted by Gasteiger charge is -2.37. The SMILES string of the molecule is CC.CC(C)C1CC(Oc2ccccc2)C1. The predicted octanol–water partition coefficient (Wildman–Crippen LogP) is 4.53. The van der Waals surface area contributed by atoms with E-state index in [0.717, 1.165) is 17.6 Å². The summed E-state index contributed by atoms with van der Waals surface area (Å²) in [6.45, 7) is 8.59. The summed E-state index contributed by atoms with van der Waals surface area (Å²) in [5.74, 6) is 2.70. The van der Waals surface area contributed by atoms with Gasteiger partial charge in [-0.15, -0.1) is 0 Å². The second-order valence-electron chi connectivity index (χ2n) is 4.53. The molecule has 0 aromatic heterocycles. The normalized spacial score (nSPS) is 23.1. The average molecular weight is 220 g/mol. The molecule has 2 rings (SSSR count). The van der Waals surface area contributed by atoms with Gasteiger partial charge >= 0.3 is 0 Å². The summed E-state index contributed by atoms with van der Waals surface area (Å²) in [7, 11) is 0. The zero-order valence-electron chi connectivity index (χ0n) is 10.9. The standard InChI is InChI=1S/C13H18O.C2H6/c1-10(2)11-8-13(9-11)14-12-6-4-3-5-7-12;1-2/h3-7,10-11,13H,8-9H2,1-2H3;1-2H3. The number of ether oxygens (including phenoxy) is 1. The van der Waals surface area contributed by atoms with Crippen LogP contribution < -0.4 is 4.74 Å². The Morgan fingerprint density at radius 2 is 1.62 bits per heavy atom. The Bertz CT molecular complexity index is 273. The molecule has 0 N–H and O–H groups in total. The first-order valence-electron chi connectivity index (χ1n) is 6.47. The van der Waals surface area contributed by atoms with Crippen LogP contribution in [0.15, 0.2) is 30.3 Å². The smallest absolute Gasteiger partial charge is 0.119 e. The van der Waals surface area contributed by atoms with Crippen LogP contribution in [0.25, 0.3) is 0 Å². The zero-order valence-corrected chi connectivity index (χ0v) is 10.9. The summed E-state index contributed by atoms with van der Waals surface area (Å²) < 4.78 is 5.83. The molecule has 1 nitrogen and oxygen atoms in total. The van der Waals surface area contributed by atoms with Gasteiger partial charge in [-0.3, -0.25) is 0 Å². The molecule has 0 amide bonds. The van der Waals surface area contributed by atoms with Crippen molar-refractivity contribution in [1.29, 1.82) is 0 Å². The Labute approximate surface area is 99.8 Å². The van der Waals surface area contributed by atoms with Gasteiger partial charge in [0.2, 0.25) is 0 Å². The molecule has 1 aromatic rings. The molecule has 1 aliphatic carbocycles. The molecule has 0 atom stereocenters. The fourth-order valence-electron chi connectivity index (χ4n) is 1.94. The number of hydrogen-bond acceptors (Lipinski definition) is 1. The fraction of sp³-hybridized carbons (Fsp3) is 0.600. The molecule has 1 aromatic carbocycles. The molecule has 0 radical (unpaired) electrons. The van der Waals surface area contributed by atoms with Gasteiger partial charge in [0.1, 0.15) is 5.75 Å². The fourth-order valence-corrected chi connectivity index (χ4v) is 1.94. The maximum Gasteiger partial charge on any atom is 0.119 e. The van der Waals surface area contributed by atoms with Crippen molar-refractivity contribution < 1.29 is 4.74 Å². The molecule has 1 fully saturated rings. The topological polar surface area (TPSA) is 9.23 Å². The molecule has 0 unspecified atom stereocenters. The quantitative estimate of drug-likeness (QED) is 0.727. The van der Waals surface area contributed by atoms with Gasteiger partial charge in [-0.2, -0.15) is 0 Å². The maximum absolute atomic E-state index is 5.83. The van der Waals surface area contributed by atoms with Crippen molar-refractivity contribution >= 4 is 0 Å². The lowest BCUT2D eigenvalue weighted by Crippen LogP contribution is -2.36. The second kappa shape index (κ2) is 6.57. The van der Waals surface area contributed by atoms with E-state index in [1.54, 1.807) is 0 Å². The summed E-state index contributed by atoms with van der Waals surface area (Å²) in [5, 5.41) is 0. The summed E-state index contributed by atoms with van der Waals surface area (Å²) in [6, 6.07) is 10.1. The Kier molecular flexibility index (Phi) is 5.37. The van der Waals surface area contributed by atoms with Gasteiger partial charge in [0.15, 0.2) is 0 Å². The van der Waals surface area contributed by atoms with Gasteiger partial charge < -0.3 is 4.74 Å². The zero-order chi connectivity index (χ0) is 12.0. The number of rotatable bonds is 3. The van der Waals surface area contributed by atoms with E-state index in [0.29, 0.717) is 6.10 Å². The Morgan fingerprint density at radius 1 is 1.06 bits per heavy atom. The summed E-state index contributed by atoms with van der Waals surface area (Å²) in [5.41, 5.74) is 0. The first-order chi connectivity index (χ1) is 7.75. The van der Waals surface area contributed by atoms with E-state index in [1.165, 1.54) is 12.8 Å². The van der Waals surface area contributed by atoms with E-state index in [-0.39, 0.29) is 0 Å². The summed E-state index contributed by atoms with van der Waals surface area (Å²) in [4.78, 5) is 0. The van der Waals surface area contributed by atoms with Gasteiger partial charge in [-0.1, -0.05) is 45.9 Å². The van der Waals surface area contributed by atoms with Crippen molar-refractivity contribution in [1.82, 2.24) is 0 Å². The van der Waals surface area contributed by atoms with Gasteiger partial charge in [0.05, 0.1) is 6.10 Å². The number of benzene rings is 1. The molecule has 0 bridgehead atoms. The van der Waals surface area contributed by atoms with Crippen molar-refractivity contribution in [2.24, 2.45) is 11.8 Å². The van der Waals surface area contributed by atoms with E-state index >= 15 is 0 Å². The Balaban J connectivity index is 0.000000606. The van der Waals surface area contributed by atoms with Gasteiger partial charge in [-0.05, 0) is 36.8 Å². The molecule has 1 saturated carbocycles. The Morgan fingerprint density at radius 3 is 2.12 bits per heavy atom. The molecular formula is C15H24O. The van der Waals surface area contributed by atoms with E-state index < -0.39 is 0 Å². The molecule has 0 heterocycles. The minimum absolute atomic E-state index is 0.463. The summed E-state index contributed by atoms with van der Waals surface area (Å²) in [6.07, 6.45) is 2.92. The monoisotopic (exact) mass is 220 g/mol. The molecule has 16 heavy (non-hydrogen) atoms. The maximum atomic E-state index is 5.83. The van der Waals surface area contributed by atoms with E-state index in [9.17, 15) is 0 Å². The van der Waals surface area contributed by atoms with Gasteiger partial charge in [0.25, 0.3) is 0 Å². The van der Waals surface area contributed by atoms with Crippen LogP contribution in [-0.4, -0.2) is 6.10 Å². The third-order valence-corrected chi connectivity index (χ3v) is 3.12. The van der Waals surface area contributed by atoms with Crippen LogP contribution >= 0.6 is 0 Å². The van der Waals surface area contributed by atoms with Gasteiger partial charge in [0, 0.05) is 0 Å². The highest BCUT2D eigenvalue weighted by molar-refractivity contribution is 5.21. The molecule has 0 spiro atoms. The largest absolute Gasteiger partial charge is 0.490 e. The molecule has 90 valence electrons. The molecular weight excluding hydrogens is 196 g/mol. The highest BCUT2D eigenvalue weighted by Gasteiger charge is 2.32. The highest BCUT2D eigenvalue weighted by Crippen LogP contribution is 2.36. The van der Waals surface area contributed by atoms with Crippen molar-refractivity contribution in [2.75, 3.05) is 0 Å². The molecule has 1 heteroatoms. The molecule has 0 saturated heterocycles. The lowest BCUT2D eigenvalue weighted by atomic mass is 9.75. The van der Waals surface area contributed by atoms with Crippen LogP contribution in [-0.2, 0) is 0 Å². The minimum atomic E-state index is 0.463. The van der Waals surface area contributed by atoms with E-state index in [4.69, 9.17) is 4.74 Å². The van der Waals surface area contributed by atoms with Crippen LogP contribution in [0.2, 0.25) is 0 Å². The van der Waals surface area contributed by atoms with Gasteiger partial charge in [-0.25, -0.2) is 0 Å². The average Bonchev–Trinajstić information content (AvgIpc) is 2.26. The van der Waals surface area contributed by atoms with Crippen molar-refractivity contribution in [2.45, 2.75) is 46.6 Å². The predicted molar refractivity (Wildman–Crippen MR) is 69.8 cm³/mol. The number of hydrogen-bond donors (Lipinski definition) is 0. The van der Waals surface area contributed by atoms with Crippen molar-refractivity contribution in [3.8, 4) is 5.75 Å². The minimum Gasteiger partial charge on any atom is -0.490 e. The Hall–Kier alpha value is -0.980. The number of para-hydroxylation sites is 1. The first kappa shape index (κ1) is 13.1. The van der Waals surface area contributed by atoms with Crippen LogP contribution in [0.1, 0.15) is 40.5 Å². The van der Waals surface area contributed by atoms with E-state index in [2.05, 4.69) is 13.8 Å². The lowest BCUT2D eigenvalue weighted by molar-refractivity contribution is 0.0417. The molecule has 0 aliphatic heterocycles. The third kappa shape index (κ3) is 3.55. The van der Waals surface area contributed by atoms with Crippen molar-refractivity contribution in [3.05, 3.63) is 30.3 Å². The molecule has 1 aliphatic rings. The van der Waals surface area contributed by atoms with Crippen molar-refractivity contribution in [3.63, 3.8) is 0 Å². The van der Waals surface area contributed by atoms with Crippen LogP contribution in [0.3, 0.4) is 0 Å².